The summed E-state index contributed by atoms with van der Waals surface area (Å²) in [7, 11) is 0. The van der Waals surface area contributed by atoms with E-state index in [4.69, 9.17) is 5.73 Å². The molecule has 1 fully saturated rings. The fourth-order valence-corrected chi connectivity index (χ4v) is 4.28. The molecule has 1 aliphatic rings. The average molecular weight is 341 g/mol. The van der Waals surface area contributed by atoms with Gasteiger partial charge in [-0.2, -0.15) is 0 Å². The number of anilines is 1. The van der Waals surface area contributed by atoms with Crippen LogP contribution in [0, 0.1) is 5.82 Å². The van der Waals surface area contributed by atoms with Crippen molar-refractivity contribution < 1.29 is 4.39 Å². The largest absolute Gasteiger partial charge is 0.375 e. The molecule has 2 N–H and O–H groups in total. The van der Waals surface area contributed by atoms with Gasteiger partial charge in [0.25, 0.3) is 0 Å². The van der Waals surface area contributed by atoms with Gasteiger partial charge in [-0.1, -0.05) is 29.5 Å². The van der Waals surface area contributed by atoms with Gasteiger partial charge in [0.1, 0.15) is 5.52 Å². The number of hydrogen-bond acceptors (Lipinski definition) is 4. The number of hydrogen-bond donors (Lipinski definition) is 1. The molecule has 3 aromatic rings. The lowest BCUT2D eigenvalue weighted by Gasteiger charge is -2.24. The normalized spacial score (nSPS) is 16.8. The Hall–Kier alpha value is -1.98. The first-order chi connectivity index (χ1) is 11.6. The van der Waals surface area contributed by atoms with E-state index >= 15 is 0 Å². The zero-order valence-corrected chi connectivity index (χ0v) is 14.4. The Morgan fingerprint density at radius 1 is 1.17 bits per heavy atom. The maximum Gasteiger partial charge on any atom is 0.181 e. The first kappa shape index (κ1) is 15.5. The van der Waals surface area contributed by atoms with Crippen molar-refractivity contribution in [3.05, 3.63) is 47.8 Å². The number of rotatable bonds is 3. The Morgan fingerprint density at radius 3 is 2.75 bits per heavy atom. The van der Waals surface area contributed by atoms with E-state index in [0.29, 0.717) is 16.7 Å². The predicted molar refractivity (Wildman–Crippen MR) is 98.6 cm³/mol. The molecule has 1 aromatic heterocycles. The maximum atomic E-state index is 14.3. The third-order valence-electron chi connectivity index (χ3n) is 4.86. The van der Waals surface area contributed by atoms with Crippen LogP contribution in [0.25, 0.3) is 21.3 Å². The van der Waals surface area contributed by atoms with Gasteiger partial charge in [0.05, 0.1) is 4.70 Å². The standard InChI is InChI=1S/C19H20FN3S/c1-12(23-7-2-3-8-23)13-5-4-6-14(9-13)15-10-16(20)18-17(11-15)24-19(21)22-18/h4-6,9-12H,2-3,7-8H2,1H3,(H2,21,22)/t12-/m0/s1. The molecule has 3 nitrogen and oxygen atoms in total. The van der Waals surface area contributed by atoms with Crippen molar-refractivity contribution in [2.45, 2.75) is 25.8 Å². The summed E-state index contributed by atoms with van der Waals surface area (Å²) >= 11 is 1.32. The highest BCUT2D eigenvalue weighted by Crippen LogP contribution is 2.33. The average Bonchev–Trinajstić information content (AvgIpc) is 3.23. The second kappa shape index (κ2) is 6.15. The van der Waals surface area contributed by atoms with E-state index in [9.17, 15) is 4.39 Å². The lowest BCUT2D eigenvalue weighted by molar-refractivity contribution is 0.263. The Bertz CT molecular complexity index is 883. The van der Waals surface area contributed by atoms with Gasteiger partial charge in [-0.05, 0) is 67.7 Å². The van der Waals surface area contributed by atoms with Crippen molar-refractivity contribution in [3.63, 3.8) is 0 Å². The Labute approximate surface area is 144 Å². The lowest BCUT2D eigenvalue weighted by atomic mass is 9.99. The third kappa shape index (κ3) is 2.78. The van der Waals surface area contributed by atoms with Crippen LogP contribution in [0.15, 0.2) is 36.4 Å². The SMILES string of the molecule is C[C@@H](c1cccc(-c2cc(F)c3nc(N)sc3c2)c1)N1CCCC1. The van der Waals surface area contributed by atoms with Crippen LogP contribution in [0.5, 0.6) is 0 Å². The number of nitrogen functional groups attached to an aromatic ring is 1. The fourth-order valence-electron chi connectivity index (χ4n) is 3.49. The van der Waals surface area contributed by atoms with E-state index in [1.165, 1.54) is 29.7 Å². The number of nitrogens with two attached hydrogens (primary N) is 1. The van der Waals surface area contributed by atoms with E-state index in [0.717, 1.165) is 28.9 Å². The second-order valence-corrected chi connectivity index (χ2v) is 7.46. The lowest BCUT2D eigenvalue weighted by Crippen LogP contribution is -2.23. The number of thiazole rings is 1. The number of benzene rings is 2. The summed E-state index contributed by atoms with van der Waals surface area (Å²) in [5.74, 6) is -0.312. The van der Waals surface area contributed by atoms with Crippen molar-refractivity contribution in [2.75, 3.05) is 18.8 Å². The van der Waals surface area contributed by atoms with Crippen molar-refractivity contribution >= 4 is 26.7 Å². The molecule has 5 heteroatoms. The number of fused-ring (bicyclic) bond motifs is 1. The smallest absolute Gasteiger partial charge is 0.181 e. The minimum Gasteiger partial charge on any atom is -0.375 e. The minimum absolute atomic E-state index is 0.312. The molecule has 0 unspecified atom stereocenters. The molecule has 0 spiro atoms. The maximum absolute atomic E-state index is 14.3. The molecule has 2 heterocycles. The van der Waals surface area contributed by atoms with Gasteiger partial charge in [-0.3, -0.25) is 4.90 Å². The number of likely N-dealkylation sites (tertiary alicyclic amines) is 1. The van der Waals surface area contributed by atoms with Gasteiger partial charge >= 0.3 is 0 Å². The molecule has 1 saturated heterocycles. The molecule has 2 aromatic carbocycles. The third-order valence-corrected chi connectivity index (χ3v) is 5.69. The van der Waals surface area contributed by atoms with Crippen LogP contribution in [-0.2, 0) is 0 Å². The van der Waals surface area contributed by atoms with Crippen LogP contribution in [0.4, 0.5) is 9.52 Å². The highest BCUT2D eigenvalue weighted by molar-refractivity contribution is 7.22. The molecule has 4 rings (SSSR count). The zero-order valence-electron chi connectivity index (χ0n) is 13.6. The summed E-state index contributed by atoms with van der Waals surface area (Å²) < 4.78 is 15.1. The van der Waals surface area contributed by atoms with Gasteiger partial charge in [0, 0.05) is 6.04 Å². The summed E-state index contributed by atoms with van der Waals surface area (Å²) in [5.41, 5.74) is 9.27. The summed E-state index contributed by atoms with van der Waals surface area (Å²) in [5, 5.41) is 0.400. The molecule has 1 atom stereocenters. The molecule has 0 saturated carbocycles. The minimum atomic E-state index is -0.312. The second-order valence-electron chi connectivity index (χ2n) is 6.40. The predicted octanol–water partition coefficient (Wildman–Crippen LogP) is 4.84. The molecule has 24 heavy (non-hydrogen) atoms. The Morgan fingerprint density at radius 2 is 1.96 bits per heavy atom. The number of aromatic nitrogens is 1. The van der Waals surface area contributed by atoms with E-state index < -0.39 is 0 Å². The van der Waals surface area contributed by atoms with Crippen LogP contribution in [0.3, 0.4) is 0 Å². The zero-order chi connectivity index (χ0) is 16.7. The van der Waals surface area contributed by atoms with Crippen molar-refractivity contribution in [2.24, 2.45) is 0 Å². The first-order valence-corrected chi connectivity index (χ1v) is 9.13. The molecule has 0 amide bonds. The topological polar surface area (TPSA) is 42.1 Å². The van der Waals surface area contributed by atoms with E-state index in [2.05, 4.69) is 35.0 Å². The van der Waals surface area contributed by atoms with E-state index in [-0.39, 0.29) is 5.82 Å². The van der Waals surface area contributed by atoms with E-state index in [1.807, 2.05) is 12.1 Å². The molecule has 124 valence electrons. The van der Waals surface area contributed by atoms with Crippen LogP contribution < -0.4 is 5.73 Å². The molecular weight excluding hydrogens is 321 g/mol. The Balaban J connectivity index is 1.72. The molecule has 0 aliphatic carbocycles. The Kier molecular flexibility index (Phi) is 3.98. The summed E-state index contributed by atoms with van der Waals surface area (Å²) in [4.78, 5) is 6.57. The van der Waals surface area contributed by atoms with Crippen LogP contribution >= 0.6 is 11.3 Å². The fraction of sp³-hybridized carbons (Fsp3) is 0.316. The molecule has 1 aliphatic heterocycles. The van der Waals surface area contributed by atoms with Crippen LogP contribution in [0.2, 0.25) is 0 Å². The summed E-state index contributed by atoms with van der Waals surface area (Å²) in [6, 6.07) is 12.3. The number of halogens is 1. The van der Waals surface area contributed by atoms with E-state index in [1.54, 1.807) is 6.07 Å². The highest BCUT2D eigenvalue weighted by Gasteiger charge is 2.19. The van der Waals surface area contributed by atoms with Crippen molar-refractivity contribution in [1.82, 2.24) is 9.88 Å². The first-order valence-electron chi connectivity index (χ1n) is 8.32. The monoisotopic (exact) mass is 341 g/mol. The number of nitrogens with zero attached hydrogens (tertiary/aromatic N) is 2. The van der Waals surface area contributed by atoms with Gasteiger partial charge in [0.15, 0.2) is 10.9 Å². The van der Waals surface area contributed by atoms with Crippen molar-refractivity contribution in [3.8, 4) is 11.1 Å². The van der Waals surface area contributed by atoms with Gasteiger partial charge in [-0.25, -0.2) is 9.37 Å². The molecule has 0 bridgehead atoms. The quantitative estimate of drug-likeness (QED) is 0.741. The molecular formula is C19H20FN3S. The van der Waals surface area contributed by atoms with Crippen LogP contribution in [0.1, 0.15) is 31.4 Å². The highest BCUT2D eigenvalue weighted by atomic mass is 32.1. The molecule has 0 radical (unpaired) electrons. The van der Waals surface area contributed by atoms with Gasteiger partial charge < -0.3 is 5.73 Å². The van der Waals surface area contributed by atoms with Gasteiger partial charge in [-0.15, -0.1) is 0 Å². The van der Waals surface area contributed by atoms with Gasteiger partial charge in [0.2, 0.25) is 0 Å². The van der Waals surface area contributed by atoms with Crippen LogP contribution in [-0.4, -0.2) is 23.0 Å². The van der Waals surface area contributed by atoms with Crippen molar-refractivity contribution in [1.29, 1.82) is 0 Å². The summed E-state index contributed by atoms with van der Waals surface area (Å²) in [6.07, 6.45) is 2.55. The summed E-state index contributed by atoms with van der Waals surface area (Å²) in [6.45, 7) is 4.57.